The highest BCUT2D eigenvalue weighted by Crippen LogP contribution is 2.28. The fourth-order valence-electron chi connectivity index (χ4n) is 2.82. The zero-order valence-electron chi connectivity index (χ0n) is 13.8. The van der Waals surface area contributed by atoms with Crippen molar-refractivity contribution < 1.29 is 9.47 Å². The van der Waals surface area contributed by atoms with Crippen molar-refractivity contribution in [1.82, 2.24) is 0 Å². The Morgan fingerprint density at radius 3 is 2.05 bits per heavy atom. The lowest BCUT2D eigenvalue weighted by Crippen LogP contribution is -2.03. The normalized spacial score (nSPS) is 15.1. The molecule has 0 aromatic heterocycles. The molecule has 0 aliphatic heterocycles. The first kappa shape index (κ1) is 18.6. The molecule has 0 saturated heterocycles. The third-order valence-corrected chi connectivity index (χ3v) is 4.69. The van der Waals surface area contributed by atoms with Crippen LogP contribution >= 0.6 is 15.9 Å². The summed E-state index contributed by atoms with van der Waals surface area (Å²) in [5.74, 6) is 2.25. The summed E-state index contributed by atoms with van der Waals surface area (Å²) < 4.78 is 10.9. The Bertz CT molecular complexity index is 334. The minimum absolute atomic E-state index is 0.970. The summed E-state index contributed by atoms with van der Waals surface area (Å²) in [6.07, 6.45) is 16.1. The predicted molar refractivity (Wildman–Crippen MR) is 93.7 cm³/mol. The van der Waals surface area contributed by atoms with Crippen LogP contribution in [-0.2, 0) is 9.47 Å². The third-order valence-electron chi connectivity index (χ3n) is 4.13. The van der Waals surface area contributed by atoms with Crippen LogP contribution in [0.5, 0.6) is 0 Å². The third kappa shape index (κ3) is 7.94. The van der Waals surface area contributed by atoms with Crippen LogP contribution < -0.4 is 0 Å². The van der Waals surface area contributed by atoms with Gasteiger partial charge in [-0.05, 0) is 30.9 Å². The highest BCUT2D eigenvalue weighted by molar-refractivity contribution is 9.09. The van der Waals surface area contributed by atoms with E-state index >= 15 is 0 Å². The maximum Gasteiger partial charge on any atom is 0.0993 e. The molecule has 3 heteroatoms. The maximum atomic E-state index is 5.51. The number of unbranched alkanes of at least 4 members (excludes halogenated alkanes) is 7. The predicted octanol–water partition coefficient (Wildman–Crippen LogP) is 6.12. The summed E-state index contributed by atoms with van der Waals surface area (Å²) in [5.41, 5.74) is 1.35. The first-order valence-electron chi connectivity index (χ1n) is 8.38. The molecule has 0 amide bonds. The van der Waals surface area contributed by atoms with Crippen LogP contribution in [0.1, 0.15) is 70.6 Å². The fourth-order valence-corrected chi connectivity index (χ4v) is 3.22. The smallest absolute Gasteiger partial charge is 0.0993 e. The quantitative estimate of drug-likeness (QED) is 0.309. The average Bonchev–Trinajstić information content (AvgIpc) is 2.53. The molecule has 0 N–H and O–H groups in total. The second kappa shape index (κ2) is 12.1. The SMILES string of the molecule is COC1=CC(CCCCCCCCCCBr)=C(OC)CC1. The summed E-state index contributed by atoms with van der Waals surface area (Å²) >= 11 is 3.48. The number of methoxy groups -OCH3 is 2. The van der Waals surface area contributed by atoms with E-state index in [4.69, 9.17) is 9.47 Å². The summed E-state index contributed by atoms with van der Waals surface area (Å²) in [4.78, 5) is 0. The Hall–Kier alpha value is -0.440. The van der Waals surface area contributed by atoms with Crippen molar-refractivity contribution in [3.63, 3.8) is 0 Å². The molecule has 122 valence electrons. The van der Waals surface area contributed by atoms with Crippen molar-refractivity contribution in [2.75, 3.05) is 19.5 Å². The Morgan fingerprint density at radius 2 is 1.48 bits per heavy atom. The van der Waals surface area contributed by atoms with Gasteiger partial charge in [0.25, 0.3) is 0 Å². The Labute approximate surface area is 139 Å². The van der Waals surface area contributed by atoms with Crippen molar-refractivity contribution in [1.29, 1.82) is 0 Å². The molecule has 0 spiro atoms. The van der Waals surface area contributed by atoms with Gasteiger partial charge >= 0.3 is 0 Å². The van der Waals surface area contributed by atoms with Crippen LogP contribution in [0, 0.1) is 0 Å². The van der Waals surface area contributed by atoms with E-state index in [1.165, 1.54) is 56.9 Å². The zero-order chi connectivity index (χ0) is 15.3. The number of hydrogen-bond acceptors (Lipinski definition) is 2. The zero-order valence-corrected chi connectivity index (χ0v) is 15.3. The molecule has 0 atom stereocenters. The van der Waals surface area contributed by atoms with Crippen LogP contribution in [0.25, 0.3) is 0 Å². The summed E-state index contributed by atoms with van der Waals surface area (Å²) in [5, 5.41) is 1.15. The summed E-state index contributed by atoms with van der Waals surface area (Å²) in [6, 6.07) is 0. The second-order valence-electron chi connectivity index (χ2n) is 5.73. The first-order chi connectivity index (χ1) is 10.3. The maximum absolute atomic E-state index is 5.51. The van der Waals surface area contributed by atoms with Crippen molar-refractivity contribution in [3.8, 4) is 0 Å². The van der Waals surface area contributed by atoms with Crippen molar-refractivity contribution in [3.05, 3.63) is 23.2 Å². The van der Waals surface area contributed by atoms with Crippen LogP contribution in [0.2, 0.25) is 0 Å². The van der Waals surface area contributed by atoms with Crippen molar-refractivity contribution in [2.45, 2.75) is 70.6 Å². The van der Waals surface area contributed by atoms with E-state index in [1.807, 2.05) is 0 Å². The van der Waals surface area contributed by atoms with E-state index in [-0.39, 0.29) is 0 Å². The van der Waals surface area contributed by atoms with E-state index in [9.17, 15) is 0 Å². The molecule has 21 heavy (non-hydrogen) atoms. The summed E-state index contributed by atoms with van der Waals surface area (Å²) in [7, 11) is 3.55. The van der Waals surface area contributed by atoms with Gasteiger partial charge in [-0.2, -0.15) is 0 Å². The summed E-state index contributed by atoms with van der Waals surface area (Å²) in [6.45, 7) is 0. The molecule has 0 heterocycles. The molecular formula is C18H31BrO2. The van der Waals surface area contributed by atoms with Gasteiger partial charge in [-0.3, -0.25) is 0 Å². The number of hydrogen-bond donors (Lipinski definition) is 0. The topological polar surface area (TPSA) is 18.5 Å². The monoisotopic (exact) mass is 358 g/mol. The number of allylic oxidation sites excluding steroid dienone is 4. The van der Waals surface area contributed by atoms with E-state index in [0.717, 1.165) is 36.1 Å². The van der Waals surface area contributed by atoms with Gasteiger partial charge in [-0.15, -0.1) is 0 Å². The fraction of sp³-hybridized carbons (Fsp3) is 0.778. The van der Waals surface area contributed by atoms with Crippen LogP contribution in [0.15, 0.2) is 23.2 Å². The van der Waals surface area contributed by atoms with Gasteiger partial charge in [0.05, 0.1) is 25.7 Å². The molecule has 1 aliphatic carbocycles. The number of halogens is 1. The Morgan fingerprint density at radius 1 is 0.857 bits per heavy atom. The van der Waals surface area contributed by atoms with Crippen LogP contribution in [0.3, 0.4) is 0 Å². The molecule has 0 fully saturated rings. The van der Waals surface area contributed by atoms with Gasteiger partial charge in [0.15, 0.2) is 0 Å². The van der Waals surface area contributed by atoms with Crippen molar-refractivity contribution in [2.24, 2.45) is 0 Å². The molecule has 0 saturated carbocycles. The van der Waals surface area contributed by atoms with E-state index in [0.29, 0.717) is 0 Å². The molecule has 0 radical (unpaired) electrons. The lowest BCUT2D eigenvalue weighted by molar-refractivity contribution is 0.239. The molecule has 0 aromatic carbocycles. The van der Waals surface area contributed by atoms with Gasteiger partial charge in [-0.25, -0.2) is 0 Å². The molecule has 0 unspecified atom stereocenters. The molecule has 0 bridgehead atoms. The van der Waals surface area contributed by atoms with Gasteiger partial charge in [0.2, 0.25) is 0 Å². The van der Waals surface area contributed by atoms with Crippen LogP contribution in [-0.4, -0.2) is 19.5 Å². The van der Waals surface area contributed by atoms with Crippen molar-refractivity contribution >= 4 is 15.9 Å². The van der Waals surface area contributed by atoms with E-state index in [2.05, 4.69) is 22.0 Å². The minimum atomic E-state index is 0.970. The Balaban J connectivity index is 2.13. The highest BCUT2D eigenvalue weighted by atomic mass is 79.9. The number of ether oxygens (including phenoxy) is 2. The molecule has 1 rings (SSSR count). The van der Waals surface area contributed by atoms with Gasteiger partial charge < -0.3 is 9.47 Å². The molecule has 1 aliphatic rings. The minimum Gasteiger partial charge on any atom is -0.501 e. The average molecular weight is 359 g/mol. The highest BCUT2D eigenvalue weighted by Gasteiger charge is 2.14. The van der Waals surface area contributed by atoms with Crippen LogP contribution in [0.4, 0.5) is 0 Å². The number of alkyl halides is 1. The Kier molecular flexibility index (Phi) is 10.8. The molecular weight excluding hydrogens is 328 g/mol. The lowest BCUT2D eigenvalue weighted by Gasteiger charge is -2.18. The lowest BCUT2D eigenvalue weighted by atomic mass is 9.97. The van der Waals surface area contributed by atoms with Gasteiger partial charge in [-0.1, -0.05) is 54.5 Å². The number of rotatable bonds is 12. The molecule has 0 aromatic rings. The second-order valence-corrected chi connectivity index (χ2v) is 6.53. The molecule has 2 nitrogen and oxygen atoms in total. The largest absolute Gasteiger partial charge is 0.501 e. The van der Waals surface area contributed by atoms with Gasteiger partial charge in [0.1, 0.15) is 0 Å². The first-order valence-corrected chi connectivity index (χ1v) is 9.50. The van der Waals surface area contributed by atoms with Gasteiger partial charge in [0, 0.05) is 18.2 Å². The standard InChI is InChI=1S/C18H31BrO2/c1-20-17-12-13-18(21-2)16(15-17)11-9-7-5-3-4-6-8-10-14-19/h15H,3-14H2,1-2H3. The van der Waals surface area contributed by atoms with E-state index in [1.54, 1.807) is 14.2 Å². The van der Waals surface area contributed by atoms with E-state index < -0.39 is 0 Å².